The van der Waals surface area contributed by atoms with E-state index in [1.807, 2.05) is 113 Å². The van der Waals surface area contributed by atoms with Crippen LogP contribution < -0.4 is 22.8 Å². The highest BCUT2D eigenvalue weighted by Crippen LogP contribution is 2.45. The molecule has 15 nitrogen and oxygen atoms in total. The van der Waals surface area contributed by atoms with Crippen molar-refractivity contribution < 1.29 is 71.0 Å². The van der Waals surface area contributed by atoms with E-state index in [0.29, 0.717) is 111 Å². The largest absolute Gasteiger partial charge is 0.437 e. The molecule has 22 aromatic rings. The van der Waals surface area contributed by atoms with Gasteiger partial charge in [0.05, 0.1) is 27.8 Å². The molecule has 0 bridgehead atoms. The van der Waals surface area contributed by atoms with E-state index in [1.165, 1.54) is 45.9 Å². The highest BCUT2D eigenvalue weighted by Gasteiger charge is 2.30. The Bertz CT molecular complexity index is 9100. The second-order valence-electron chi connectivity index (χ2n) is 33.7. The number of rotatable bonds is 8. The van der Waals surface area contributed by atoms with Gasteiger partial charge in [0, 0.05) is 168 Å². The van der Waals surface area contributed by atoms with Crippen LogP contribution in [-0.4, -0.2) is 24.9 Å². The van der Waals surface area contributed by atoms with Crippen LogP contribution in [0.15, 0.2) is 278 Å². The summed E-state index contributed by atoms with van der Waals surface area (Å²) in [5.41, 5.74) is 29.1. The smallest absolute Gasteiger partial charge is 0.227 e. The number of aryl methyl sites for hydroxylation is 20. The Labute approximate surface area is 784 Å². The zero-order chi connectivity index (χ0) is 107. The quantitative estimate of drug-likeness (QED) is 0.135. The topological polar surface area (TPSA) is 150 Å². The second kappa shape index (κ2) is 34.7. The average Bonchev–Trinajstić information content (AvgIpc) is 1.59. The summed E-state index contributed by atoms with van der Waals surface area (Å²) in [7, 11) is 9.53. The maximum atomic E-state index is 8.51. The van der Waals surface area contributed by atoms with Gasteiger partial charge in [-0.25, -0.2) is 47.8 Å². The summed E-state index contributed by atoms with van der Waals surface area (Å²) in [6.45, 7) is 6.56. The fourth-order valence-corrected chi connectivity index (χ4v) is 17.8. The molecule has 1 atom stereocenters. The maximum absolute atomic E-state index is 8.51. The molecule has 0 aliphatic rings. The van der Waals surface area contributed by atoms with E-state index in [-0.39, 0.29) is 27.8 Å². The first kappa shape index (κ1) is 65.6. The van der Waals surface area contributed by atoms with Gasteiger partial charge in [-0.2, -0.15) is 0 Å². The van der Waals surface area contributed by atoms with E-state index in [9.17, 15) is 0 Å². The molecule has 0 fully saturated rings. The molecular weight excluding hydrogens is 1600 g/mol. The Hall–Kier alpha value is -15.0. The summed E-state index contributed by atoms with van der Waals surface area (Å²) in [5, 5.41) is 7.70. The minimum absolute atomic E-state index is 0.176. The summed E-state index contributed by atoms with van der Waals surface area (Å²) in [6, 6.07) is 68.4. The number of fused-ring (bicyclic) bond motifs is 15. The SMILES string of the molecule is Cc1cc(-c2c(C)ccc3c2oc2ncccc23)[n+](C)cc1-c1ccccc1.Cc1ccc2c(oc3ncccc32)c1-c1ccc(-c2ccccc2)c[n+]1C.[2H]C([2H])([2H])c1c[n+](C)c(-c2c(C)cc(C([2H])([2H])[2H])c3c2oc2nc(C)ccc23)cc1C.[2H]C([2H])([2H])c1cc(C)c(-c2cc(C([2H])(C)C([2H])([2H])[2H])cc[n+]2C)c2oc3nc(C)ccc3c12.[2H]C([2H])([2H])c1ccc(-c2c(C)cc(C([2H])([2H])[2H])c3c2oc2nc(C)ccc23)[n+](C)c1. The fraction of sp³-hybridized carbons (Fsp3) is 0.200. The predicted octanol–water partition coefficient (Wildman–Crippen LogP) is 26.4. The third-order valence-corrected chi connectivity index (χ3v) is 24.4. The molecule has 130 heavy (non-hydrogen) atoms. The highest BCUT2D eigenvalue weighted by molar-refractivity contribution is 6.14. The van der Waals surface area contributed by atoms with Crippen molar-refractivity contribution in [3.63, 3.8) is 0 Å². The molecule has 7 aromatic carbocycles. The number of hydrogen-bond acceptors (Lipinski definition) is 10. The number of benzene rings is 7. The van der Waals surface area contributed by atoms with Crippen molar-refractivity contribution in [1.29, 1.82) is 0 Å². The summed E-state index contributed by atoms with van der Waals surface area (Å²) >= 11 is 0. The Morgan fingerprint density at radius 1 is 0.292 bits per heavy atom. The average molecular weight is 1730 g/mol. The van der Waals surface area contributed by atoms with Gasteiger partial charge in [0.1, 0.15) is 35.2 Å². The van der Waals surface area contributed by atoms with E-state index in [1.54, 1.807) is 111 Å². The molecule has 15 aromatic heterocycles. The van der Waals surface area contributed by atoms with Gasteiger partial charge in [0.25, 0.3) is 0 Å². The van der Waals surface area contributed by atoms with Crippen molar-refractivity contribution in [3.05, 3.63) is 345 Å². The third-order valence-electron chi connectivity index (χ3n) is 24.4. The third kappa shape index (κ3) is 15.9. The van der Waals surface area contributed by atoms with Crippen LogP contribution in [0.5, 0.6) is 0 Å². The van der Waals surface area contributed by atoms with E-state index < -0.39 is 47.0 Å². The molecule has 15 heterocycles. The minimum atomic E-state index is -2.53. The lowest BCUT2D eigenvalue weighted by Gasteiger charge is -2.10. The summed E-state index contributed by atoms with van der Waals surface area (Å²) in [6.07, 6.45) is 12.8. The Kier molecular flexibility index (Phi) is 17.5. The molecule has 0 saturated heterocycles. The first-order chi connectivity index (χ1) is 70.1. The lowest BCUT2D eigenvalue weighted by molar-refractivity contribution is -0.660. The van der Waals surface area contributed by atoms with Crippen LogP contribution in [0.25, 0.3) is 189 Å². The molecule has 0 N–H and O–H groups in total. The molecule has 0 saturated carbocycles. The van der Waals surface area contributed by atoms with Gasteiger partial charge in [-0.3, -0.25) is 0 Å². The fourth-order valence-electron chi connectivity index (χ4n) is 17.8. The number of pyridine rings is 10. The van der Waals surface area contributed by atoms with Crippen LogP contribution in [0.3, 0.4) is 0 Å². The lowest BCUT2D eigenvalue weighted by atomic mass is 9.95. The van der Waals surface area contributed by atoms with Crippen LogP contribution in [0, 0.1) is 103 Å². The van der Waals surface area contributed by atoms with Crippen LogP contribution in [0.1, 0.15) is 135 Å². The van der Waals surface area contributed by atoms with Gasteiger partial charge >= 0.3 is 0 Å². The number of nitrogens with zero attached hydrogens (tertiary/aromatic N) is 10. The molecular formula is C115H109N10O5+5. The standard InChI is InChI=1S/C25H21N2O.C24H19N2O.C23H25N2O.C22H23N2O.C21H21N2O/c1-16-11-12-19-20-10-7-13-26-25(20)28-24(19)23(16)22-14-17(2)21(15-27(22)3)18-8-5-4-6-9-18;1-16-10-12-19-20-9-6-14-25-24(20)27-23(19)22(16)21-13-11-18(15-26(21)2)17-7-4-3-5-8-17;1-13(2)17-9-10-25(6)19(12-17)21-15(4)11-14(3)20-18-8-7-16(5)24-23(18)26-22(20)21;1-12-10-18(24(6)11-15(12)4)20-14(3)9-13(2)19-17-8-7-16(5)23-22(17)25-21(19)20;1-12-6-9-17(23(5)11-12)19-14(3)10-13(2)18-16-8-7-15(4)22-21(16)24-20(18)19/h4-15H,1-3H3;3-15H,1-2H3;7-13H,1-6H3;7-11H,1-6H3;6-11H,1-5H3/q5*+1/i;;1D3,3D3,13D;2D3,4D3;1D3,2D3. The second-order valence-corrected chi connectivity index (χ2v) is 33.7. The Balaban J connectivity index is 0.000000122. The number of hydrogen-bond donors (Lipinski definition) is 0. The molecule has 15 heteroatoms. The lowest BCUT2D eigenvalue weighted by Crippen LogP contribution is -2.31. The highest BCUT2D eigenvalue weighted by atomic mass is 16.4. The van der Waals surface area contributed by atoms with Gasteiger partial charge in [-0.15, -0.1) is 0 Å². The Morgan fingerprint density at radius 3 is 1.18 bits per heavy atom. The van der Waals surface area contributed by atoms with E-state index >= 15 is 0 Å². The van der Waals surface area contributed by atoms with Gasteiger partial charge in [-0.05, 0) is 255 Å². The maximum Gasteiger partial charge on any atom is 0.227 e. The van der Waals surface area contributed by atoms with E-state index in [0.717, 1.165) is 100 Å². The zero-order valence-corrected chi connectivity index (χ0v) is 75.3. The van der Waals surface area contributed by atoms with Gasteiger partial charge in [-0.1, -0.05) is 117 Å². The van der Waals surface area contributed by atoms with E-state index in [2.05, 4.69) is 184 Å². The minimum Gasteiger partial charge on any atom is -0.437 e. The number of furan rings is 5. The van der Waals surface area contributed by atoms with Crippen molar-refractivity contribution in [2.45, 2.75) is 123 Å². The van der Waals surface area contributed by atoms with Gasteiger partial charge in [0.2, 0.25) is 57.0 Å². The summed E-state index contributed by atoms with van der Waals surface area (Å²) in [4.78, 5) is 22.1. The zero-order valence-electron chi connectivity index (χ0n) is 94.3. The van der Waals surface area contributed by atoms with Crippen LogP contribution in [-0.2, 0) is 35.2 Å². The first-order valence-corrected chi connectivity index (χ1v) is 42.8. The van der Waals surface area contributed by atoms with E-state index in [4.69, 9.17) is 48.1 Å². The first-order valence-electron chi connectivity index (χ1n) is 52.3. The van der Waals surface area contributed by atoms with Gasteiger partial charge in [0.15, 0.2) is 58.9 Å². The monoisotopic (exact) mass is 1730 g/mol. The molecule has 644 valence electrons. The molecule has 1 unspecified atom stereocenters. The predicted molar refractivity (Wildman–Crippen MR) is 527 cm³/mol. The molecule has 0 aliphatic carbocycles. The van der Waals surface area contributed by atoms with Crippen LogP contribution in [0.2, 0.25) is 0 Å². The molecule has 0 radical (unpaired) electrons. The van der Waals surface area contributed by atoms with Gasteiger partial charge < -0.3 is 22.1 Å². The molecule has 0 aliphatic heterocycles. The van der Waals surface area contributed by atoms with Crippen molar-refractivity contribution in [2.24, 2.45) is 35.2 Å². The Morgan fingerprint density at radius 2 is 0.708 bits per heavy atom. The molecule has 22 rings (SSSR count). The van der Waals surface area contributed by atoms with Crippen molar-refractivity contribution in [3.8, 4) is 78.5 Å². The molecule has 0 spiro atoms. The summed E-state index contributed by atoms with van der Waals surface area (Å²) < 4.78 is 191. The number of aromatic nitrogens is 10. The van der Waals surface area contributed by atoms with Crippen LogP contribution >= 0.6 is 0 Å². The van der Waals surface area contributed by atoms with Crippen molar-refractivity contribution in [1.82, 2.24) is 24.9 Å². The normalized spacial score (nSPS) is 14.7. The van der Waals surface area contributed by atoms with Crippen molar-refractivity contribution in [2.75, 3.05) is 0 Å². The van der Waals surface area contributed by atoms with Crippen LogP contribution in [0.4, 0.5) is 0 Å². The molecule has 0 amide bonds. The van der Waals surface area contributed by atoms with Crippen molar-refractivity contribution >= 4 is 110 Å². The summed E-state index contributed by atoms with van der Waals surface area (Å²) in [5.74, 6) is -1.83.